The number of thioether (sulfide) groups is 1. The highest BCUT2D eigenvalue weighted by Gasteiger charge is 2.25. The first-order valence-electron chi connectivity index (χ1n) is 7.95. The summed E-state index contributed by atoms with van der Waals surface area (Å²) in [4.78, 5) is 22.6. The molecule has 0 spiro atoms. The van der Waals surface area contributed by atoms with Crippen molar-refractivity contribution in [3.63, 3.8) is 0 Å². The van der Waals surface area contributed by atoms with Gasteiger partial charge >= 0.3 is 0 Å². The monoisotopic (exact) mass is 387 g/mol. The zero-order valence-corrected chi connectivity index (χ0v) is 16.0. The molecule has 3 aromatic heterocycles. The first-order chi connectivity index (χ1) is 12.6. The average Bonchev–Trinajstić information content (AvgIpc) is 3.08. The summed E-state index contributed by atoms with van der Waals surface area (Å²) in [6.07, 6.45) is 11.1. The van der Waals surface area contributed by atoms with E-state index in [1.807, 2.05) is 30.5 Å². The number of hydrogen-bond donors (Lipinski definition) is 0. The van der Waals surface area contributed by atoms with Crippen LogP contribution in [0.3, 0.4) is 0 Å². The number of aromatic nitrogens is 4. The highest BCUT2D eigenvalue weighted by Crippen LogP contribution is 2.27. The lowest BCUT2D eigenvalue weighted by atomic mass is 10.1. The van der Waals surface area contributed by atoms with Crippen LogP contribution in [0, 0.1) is 0 Å². The second-order valence-electron chi connectivity index (χ2n) is 5.64. The Morgan fingerprint density at radius 1 is 1.27 bits per heavy atom. The summed E-state index contributed by atoms with van der Waals surface area (Å²) in [5.74, 6) is -0.0260. The van der Waals surface area contributed by atoms with Gasteiger partial charge in [0.15, 0.2) is 5.15 Å². The van der Waals surface area contributed by atoms with Gasteiger partial charge in [0.1, 0.15) is 5.69 Å². The molecule has 0 aliphatic rings. The lowest BCUT2D eigenvalue weighted by molar-refractivity contribution is -0.117. The molecule has 134 valence electrons. The molecular weight excluding hydrogens is 370 g/mol. The Hall–Kier alpha value is -2.38. The molecule has 0 saturated carbocycles. The number of amides is 1. The van der Waals surface area contributed by atoms with Crippen molar-refractivity contribution in [2.75, 3.05) is 18.2 Å². The minimum atomic E-state index is -0.222. The van der Waals surface area contributed by atoms with Crippen molar-refractivity contribution in [3.8, 4) is 5.69 Å². The topological polar surface area (TPSA) is 63.9 Å². The zero-order chi connectivity index (χ0) is 18.5. The van der Waals surface area contributed by atoms with Gasteiger partial charge in [0, 0.05) is 25.6 Å². The summed E-state index contributed by atoms with van der Waals surface area (Å²) < 4.78 is 1.62. The van der Waals surface area contributed by atoms with Crippen LogP contribution >= 0.6 is 23.4 Å². The fourth-order valence-corrected chi connectivity index (χ4v) is 3.51. The van der Waals surface area contributed by atoms with Crippen LogP contribution in [0.5, 0.6) is 0 Å². The highest BCUT2D eigenvalue weighted by molar-refractivity contribution is 7.99. The molecule has 26 heavy (non-hydrogen) atoms. The number of halogens is 1. The predicted octanol–water partition coefficient (Wildman–Crippen LogP) is 3.25. The van der Waals surface area contributed by atoms with Crippen LogP contribution in [0.15, 0.2) is 55.2 Å². The van der Waals surface area contributed by atoms with Crippen LogP contribution in [0.1, 0.15) is 5.56 Å². The number of carbonyl (C=O) groups is 1. The van der Waals surface area contributed by atoms with Crippen LogP contribution in [0.2, 0.25) is 5.15 Å². The van der Waals surface area contributed by atoms with E-state index < -0.39 is 0 Å². The summed E-state index contributed by atoms with van der Waals surface area (Å²) in [7, 11) is 1.72. The zero-order valence-electron chi connectivity index (χ0n) is 14.4. The van der Waals surface area contributed by atoms with Crippen molar-refractivity contribution in [1.82, 2.24) is 19.7 Å². The molecule has 0 radical (unpaired) electrons. The molecule has 6 nitrogen and oxygen atoms in total. The molecule has 3 heterocycles. The van der Waals surface area contributed by atoms with Gasteiger partial charge in [-0.05, 0) is 42.5 Å². The minimum absolute atomic E-state index is 0.0260. The Bertz CT molecular complexity index is 872. The molecule has 0 bridgehead atoms. The van der Waals surface area contributed by atoms with Crippen molar-refractivity contribution < 1.29 is 4.79 Å². The molecule has 0 fully saturated rings. The number of carbonyl (C=O) groups excluding carboxylic acids is 1. The van der Waals surface area contributed by atoms with Gasteiger partial charge in [0.2, 0.25) is 5.91 Å². The fourth-order valence-electron chi connectivity index (χ4n) is 2.53. The third-order valence-electron chi connectivity index (χ3n) is 3.98. The van der Waals surface area contributed by atoms with Crippen molar-refractivity contribution in [2.24, 2.45) is 0 Å². The van der Waals surface area contributed by atoms with Crippen molar-refractivity contribution >= 4 is 35.0 Å². The van der Waals surface area contributed by atoms with Gasteiger partial charge < -0.3 is 4.90 Å². The van der Waals surface area contributed by atoms with E-state index >= 15 is 0 Å². The van der Waals surface area contributed by atoms with Gasteiger partial charge in [-0.2, -0.15) is 16.9 Å². The van der Waals surface area contributed by atoms with Crippen LogP contribution in [-0.2, 0) is 11.2 Å². The second kappa shape index (κ2) is 8.33. The van der Waals surface area contributed by atoms with E-state index in [0.29, 0.717) is 12.1 Å². The summed E-state index contributed by atoms with van der Waals surface area (Å²) >= 11 is 7.79. The van der Waals surface area contributed by atoms with E-state index in [1.165, 1.54) is 11.8 Å². The van der Waals surface area contributed by atoms with Crippen molar-refractivity contribution in [1.29, 1.82) is 0 Å². The predicted molar refractivity (Wildman–Crippen MR) is 105 cm³/mol. The van der Waals surface area contributed by atoms with Crippen LogP contribution < -0.4 is 4.90 Å². The normalized spacial score (nSPS) is 12.0. The Labute approximate surface area is 161 Å². The third kappa shape index (κ3) is 4.05. The van der Waals surface area contributed by atoms with Crippen molar-refractivity contribution in [3.05, 3.63) is 66.0 Å². The molecule has 3 aromatic rings. The first kappa shape index (κ1) is 18.4. The summed E-state index contributed by atoms with van der Waals surface area (Å²) in [6, 6.07) is 7.53. The lowest BCUT2D eigenvalue weighted by Crippen LogP contribution is -2.35. The SMILES string of the molecule is CSC(Cc1ccncc1)C(=O)N(C)c1cn(-c2cccnc2)nc1Cl. The summed E-state index contributed by atoms with van der Waals surface area (Å²) in [5, 5.41) is 4.34. The number of pyridine rings is 2. The quantitative estimate of drug-likeness (QED) is 0.649. The summed E-state index contributed by atoms with van der Waals surface area (Å²) in [6.45, 7) is 0. The number of hydrogen-bond acceptors (Lipinski definition) is 5. The van der Waals surface area contributed by atoms with Gasteiger partial charge in [-0.1, -0.05) is 11.6 Å². The van der Waals surface area contributed by atoms with Crippen molar-refractivity contribution in [2.45, 2.75) is 11.7 Å². The maximum atomic E-state index is 13.0. The molecule has 0 N–H and O–H groups in total. The molecular formula is C18H18ClN5OS. The van der Waals surface area contributed by atoms with Crippen LogP contribution in [-0.4, -0.2) is 44.2 Å². The highest BCUT2D eigenvalue weighted by atomic mass is 35.5. The number of nitrogens with zero attached hydrogens (tertiary/aromatic N) is 5. The Kier molecular flexibility index (Phi) is 5.90. The molecule has 1 amide bonds. The molecule has 0 aromatic carbocycles. The van der Waals surface area contributed by atoms with E-state index in [1.54, 1.807) is 47.6 Å². The van der Waals surface area contributed by atoms with Crippen LogP contribution in [0.25, 0.3) is 5.69 Å². The van der Waals surface area contributed by atoms with Gasteiger partial charge in [-0.3, -0.25) is 14.8 Å². The van der Waals surface area contributed by atoms with Gasteiger partial charge in [0.05, 0.1) is 23.3 Å². The molecule has 8 heteroatoms. The fraction of sp³-hybridized carbons (Fsp3) is 0.222. The third-order valence-corrected chi connectivity index (χ3v) is 5.19. The van der Waals surface area contributed by atoms with Gasteiger partial charge in [0.25, 0.3) is 0 Å². The Morgan fingerprint density at radius 3 is 2.69 bits per heavy atom. The smallest absolute Gasteiger partial charge is 0.240 e. The Morgan fingerprint density at radius 2 is 2.04 bits per heavy atom. The molecule has 1 atom stereocenters. The molecule has 0 saturated heterocycles. The lowest BCUT2D eigenvalue weighted by Gasteiger charge is -2.21. The minimum Gasteiger partial charge on any atom is -0.310 e. The standard InChI is InChI=1S/C18H18ClN5OS/c1-23(18(25)16(26-2)10-13-5-8-20-9-6-13)15-12-24(22-17(15)19)14-4-3-7-21-11-14/h3-9,11-12,16H,10H2,1-2H3. The van der Waals surface area contributed by atoms with E-state index in [-0.39, 0.29) is 16.3 Å². The second-order valence-corrected chi connectivity index (χ2v) is 7.04. The van der Waals surface area contributed by atoms with E-state index in [4.69, 9.17) is 11.6 Å². The molecule has 0 aliphatic heterocycles. The maximum absolute atomic E-state index is 13.0. The summed E-state index contributed by atoms with van der Waals surface area (Å²) in [5.41, 5.74) is 2.41. The van der Waals surface area contributed by atoms with Crippen LogP contribution in [0.4, 0.5) is 5.69 Å². The molecule has 3 rings (SSSR count). The molecule has 1 unspecified atom stereocenters. The molecule has 0 aliphatic carbocycles. The largest absolute Gasteiger partial charge is 0.310 e. The average molecular weight is 388 g/mol. The Balaban J connectivity index is 1.80. The number of rotatable bonds is 6. The van der Waals surface area contributed by atoms with E-state index in [2.05, 4.69) is 15.1 Å². The van der Waals surface area contributed by atoms with E-state index in [9.17, 15) is 4.79 Å². The van der Waals surface area contributed by atoms with Gasteiger partial charge in [-0.25, -0.2) is 4.68 Å². The van der Waals surface area contributed by atoms with E-state index in [0.717, 1.165) is 11.3 Å². The number of anilines is 1. The van der Waals surface area contributed by atoms with Gasteiger partial charge in [-0.15, -0.1) is 0 Å². The first-order valence-corrected chi connectivity index (χ1v) is 9.61. The maximum Gasteiger partial charge on any atom is 0.240 e.